The first-order valence-electron chi connectivity index (χ1n) is 7.26. The van der Waals surface area contributed by atoms with Crippen molar-refractivity contribution in [3.63, 3.8) is 0 Å². The molecule has 1 aliphatic rings. The molecule has 0 aliphatic carbocycles. The first-order valence-corrected chi connectivity index (χ1v) is 7.26. The number of halogens is 1. The molecule has 0 aromatic heterocycles. The van der Waals surface area contributed by atoms with Gasteiger partial charge in [0.1, 0.15) is 11.6 Å². The predicted molar refractivity (Wildman–Crippen MR) is 76.9 cm³/mol. The second-order valence-corrected chi connectivity index (χ2v) is 5.09. The van der Waals surface area contributed by atoms with E-state index in [1.165, 1.54) is 6.07 Å². The summed E-state index contributed by atoms with van der Waals surface area (Å²) in [6.45, 7) is 2.99. The zero-order chi connectivity index (χ0) is 15.1. The van der Waals surface area contributed by atoms with E-state index in [4.69, 9.17) is 4.74 Å². The molecule has 1 amide bonds. The minimum absolute atomic E-state index is 0.0470. The number of rotatable bonds is 6. The van der Waals surface area contributed by atoms with Crippen LogP contribution in [0.15, 0.2) is 18.2 Å². The van der Waals surface area contributed by atoms with E-state index in [2.05, 4.69) is 10.6 Å². The van der Waals surface area contributed by atoms with E-state index < -0.39 is 11.7 Å². The molecule has 116 valence electrons. The van der Waals surface area contributed by atoms with Crippen LogP contribution in [0.25, 0.3) is 0 Å². The highest BCUT2D eigenvalue weighted by molar-refractivity contribution is 5.96. The minimum Gasteiger partial charge on any atom is -0.507 e. The molecule has 3 N–H and O–H groups in total. The maximum Gasteiger partial charge on any atom is 0.255 e. The molecule has 0 atom stereocenters. The normalized spacial score (nSPS) is 15.9. The zero-order valence-electron chi connectivity index (χ0n) is 11.9. The van der Waals surface area contributed by atoms with Crippen LogP contribution in [0.3, 0.4) is 0 Å². The summed E-state index contributed by atoms with van der Waals surface area (Å²) in [6.07, 6.45) is 3.02. The zero-order valence-corrected chi connectivity index (χ0v) is 11.9. The van der Waals surface area contributed by atoms with Gasteiger partial charge in [0.15, 0.2) is 0 Å². The van der Waals surface area contributed by atoms with Crippen LogP contribution in [0.4, 0.5) is 4.39 Å². The van der Waals surface area contributed by atoms with Crippen molar-refractivity contribution in [3.05, 3.63) is 29.6 Å². The van der Waals surface area contributed by atoms with Gasteiger partial charge in [-0.2, -0.15) is 0 Å². The fourth-order valence-electron chi connectivity index (χ4n) is 2.27. The number of piperidine rings is 1. The van der Waals surface area contributed by atoms with Crippen molar-refractivity contribution in [1.29, 1.82) is 0 Å². The van der Waals surface area contributed by atoms with Crippen LogP contribution < -0.4 is 10.6 Å². The number of benzene rings is 1. The van der Waals surface area contributed by atoms with Gasteiger partial charge >= 0.3 is 0 Å². The molecule has 0 radical (unpaired) electrons. The highest BCUT2D eigenvalue weighted by Gasteiger charge is 2.13. The highest BCUT2D eigenvalue weighted by atomic mass is 19.1. The Morgan fingerprint density at radius 1 is 1.43 bits per heavy atom. The van der Waals surface area contributed by atoms with Crippen LogP contribution in [0.2, 0.25) is 0 Å². The summed E-state index contributed by atoms with van der Waals surface area (Å²) < 4.78 is 18.8. The van der Waals surface area contributed by atoms with Gasteiger partial charge < -0.3 is 20.5 Å². The molecule has 1 aromatic rings. The molecular formula is C15H21FN2O3. The summed E-state index contributed by atoms with van der Waals surface area (Å²) in [5.74, 6) is -1.25. The van der Waals surface area contributed by atoms with Gasteiger partial charge in [0.25, 0.3) is 5.91 Å². The summed E-state index contributed by atoms with van der Waals surface area (Å²) in [5.41, 5.74) is -0.0470. The van der Waals surface area contributed by atoms with E-state index in [0.717, 1.165) is 38.1 Å². The molecule has 1 fully saturated rings. The summed E-state index contributed by atoms with van der Waals surface area (Å²) in [4.78, 5) is 11.8. The molecule has 5 nitrogen and oxygen atoms in total. The molecule has 0 spiro atoms. The van der Waals surface area contributed by atoms with Crippen molar-refractivity contribution in [1.82, 2.24) is 10.6 Å². The van der Waals surface area contributed by atoms with Crippen LogP contribution in [0, 0.1) is 5.82 Å². The number of phenols is 1. The van der Waals surface area contributed by atoms with Crippen LogP contribution in [-0.2, 0) is 4.74 Å². The van der Waals surface area contributed by atoms with Crippen LogP contribution in [0.1, 0.15) is 29.6 Å². The molecule has 21 heavy (non-hydrogen) atoms. The molecule has 0 bridgehead atoms. The SMILES string of the molecule is O=C(NCCCOC1CCNCC1)c1cc(F)ccc1O. The lowest BCUT2D eigenvalue weighted by Crippen LogP contribution is -2.33. The number of aromatic hydroxyl groups is 1. The van der Waals surface area contributed by atoms with Crippen LogP contribution in [0.5, 0.6) is 5.75 Å². The maximum atomic E-state index is 13.0. The topological polar surface area (TPSA) is 70.6 Å². The van der Waals surface area contributed by atoms with E-state index in [-0.39, 0.29) is 11.3 Å². The predicted octanol–water partition coefficient (Wildman–Crippen LogP) is 1.42. The molecule has 1 saturated heterocycles. The molecule has 1 aromatic carbocycles. The third-order valence-electron chi connectivity index (χ3n) is 3.45. The van der Waals surface area contributed by atoms with Crippen molar-refractivity contribution < 1.29 is 19.0 Å². The maximum absolute atomic E-state index is 13.0. The lowest BCUT2D eigenvalue weighted by molar-refractivity contribution is 0.0318. The number of ether oxygens (including phenoxy) is 1. The monoisotopic (exact) mass is 296 g/mol. The number of hydrogen-bond acceptors (Lipinski definition) is 4. The fourth-order valence-corrected chi connectivity index (χ4v) is 2.27. The van der Waals surface area contributed by atoms with Crippen molar-refractivity contribution >= 4 is 5.91 Å². The van der Waals surface area contributed by atoms with Gasteiger partial charge in [0.2, 0.25) is 0 Å². The quantitative estimate of drug-likeness (QED) is 0.694. The van der Waals surface area contributed by atoms with Gasteiger partial charge in [-0.05, 0) is 50.6 Å². The lowest BCUT2D eigenvalue weighted by atomic mass is 10.1. The van der Waals surface area contributed by atoms with E-state index in [1.807, 2.05) is 0 Å². The van der Waals surface area contributed by atoms with Gasteiger partial charge in [-0.1, -0.05) is 0 Å². The van der Waals surface area contributed by atoms with E-state index >= 15 is 0 Å². The van der Waals surface area contributed by atoms with E-state index in [1.54, 1.807) is 0 Å². The Bertz CT molecular complexity index is 476. The fraction of sp³-hybridized carbons (Fsp3) is 0.533. The number of carbonyl (C=O) groups excluding carboxylic acids is 1. The van der Waals surface area contributed by atoms with Gasteiger partial charge in [-0.25, -0.2) is 4.39 Å². The Morgan fingerprint density at radius 2 is 2.19 bits per heavy atom. The Hall–Kier alpha value is -1.66. The Kier molecular flexibility index (Phi) is 5.95. The largest absolute Gasteiger partial charge is 0.507 e. The highest BCUT2D eigenvalue weighted by Crippen LogP contribution is 2.17. The molecular weight excluding hydrogens is 275 g/mol. The molecule has 0 unspecified atom stereocenters. The Balaban J connectivity index is 1.66. The third-order valence-corrected chi connectivity index (χ3v) is 3.45. The van der Waals surface area contributed by atoms with Crippen LogP contribution >= 0.6 is 0 Å². The van der Waals surface area contributed by atoms with Crippen molar-refractivity contribution in [2.75, 3.05) is 26.2 Å². The summed E-state index contributed by atoms with van der Waals surface area (Å²) in [5, 5.41) is 15.4. The van der Waals surface area contributed by atoms with E-state index in [9.17, 15) is 14.3 Å². The molecule has 1 aliphatic heterocycles. The van der Waals surface area contributed by atoms with Gasteiger partial charge in [-0.15, -0.1) is 0 Å². The van der Waals surface area contributed by atoms with Crippen molar-refractivity contribution in [2.24, 2.45) is 0 Å². The number of nitrogens with one attached hydrogen (secondary N) is 2. The average molecular weight is 296 g/mol. The number of amides is 1. The Labute approximate surface area is 123 Å². The number of phenolic OH excluding ortho intramolecular Hbond substituents is 1. The standard InChI is InChI=1S/C15H21FN2O3/c16-11-2-3-14(19)13(10-11)15(20)18-6-1-9-21-12-4-7-17-8-5-12/h2-3,10,12,17,19H,1,4-9H2,(H,18,20). The second-order valence-electron chi connectivity index (χ2n) is 5.09. The first kappa shape index (κ1) is 15.7. The van der Waals surface area contributed by atoms with Crippen molar-refractivity contribution in [3.8, 4) is 5.75 Å². The minimum atomic E-state index is -0.549. The molecule has 6 heteroatoms. The molecule has 2 rings (SSSR count). The summed E-state index contributed by atoms with van der Waals surface area (Å²) in [6, 6.07) is 3.31. The van der Waals surface area contributed by atoms with E-state index in [0.29, 0.717) is 25.7 Å². The lowest BCUT2D eigenvalue weighted by Gasteiger charge is -2.22. The second kappa shape index (κ2) is 7.95. The van der Waals surface area contributed by atoms with Crippen LogP contribution in [-0.4, -0.2) is 43.4 Å². The summed E-state index contributed by atoms with van der Waals surface area (Å²) >= 11 is 0. The molecule has 0 saturated carbocycles. The smallest absolute Gasteiger partial charge is 0.255 e. The summed E-state index contributed by atoms with van der Waals surface area (Å²) in [7, 11) is 0. The average Bonchev–Trinajstić information content (AvgIpc) is 2.50. The number of carbonyl (C=O) groups is 1. The Morgan fingerprint density at radius 3 is 2.95 bits per heavy atom. The first-order chi connectivity index (χ1) is 10.2. The van der Waals surface area contributed by atoms with Gasteiger partial charge in [0, 0.05) is 13.2 Å². The number of hydrogen-bond donors (Lipinski definition) is 3. The third kappa shape index (κ3) is 4.99. The van der Waals surface area contributed by atoms with Gasteiger partial charge in [-0.3, -0.25) is 4.79 Å². The van der Waals surface area contributed by atoms with Gasteiger partial charge in [0.05, 0.1) is 11.7 Å². The van der Waals surface area contributed by atoms with Crippen molar-refractivity contribution in [2.45, 2.75) is 25.4 Å². The molecule has 1 heterocycles.